The smallest absolute Gasteiger partial charge is 0.234 e. The van der Waals surface area contributed by atoms with E-state index in [-0.39, 0.29) is 5.91 Å². The highest BCUT2D eigenvalue weighted by Gasteiger charge is 2.22. The van der Waals surface area contributed by atoms with Gasteiger partial charge < -0.3 is 10.6 Å². The van der Waals surface area contributed by atoms with Gasteiger partial charge in [-0.05, 0) is 39.8 Å². The zero-order valence-corrected chi connectivity index (χ0v) is 10.9. The fraction of sp³-hybridized carbons (Fsp3) is 0.917. The minimum Gasteiger partial charge on any atom is -0.351 e. The van der Waals surface area contributed by atoms with Crippen LogP contribution in [0.2, 0.25) is 0 Å². The standard InChI is InChI=1S/C12H25N3O/c1-9(2)15(4)8-12(16)14-11-7-13-6-5-10(11)3/h9-11,13H,5-8H2,1-4H3,(H,14,16). The molecule has 1 aliphatic rings. The van der Waals surface area contributed by atoms with Crippen molar-refractivity contribution in [1.29, 1.82) is 0 Å². The molecule has 1 heterocycles. The van der Waals surface area contributed by atoms with Crippen molar-refractivity contribution in [3.63, 3.8) is 0 Å². The molecule has 0 aromatic carbocycles. The number of amides is 1. The highest BCUT2D eigenvalue weighted by atomic mass is 16.2. The number of carbonyl (C=O) groups excluding carboxylic acids is 1. The SMILES string of the molecule is CC1CCNCC1NC(=O)CN(C)C(C)C. The lowest BCUT2D eigenvalue weighted by Gasteiger charge is -2.31. The van der Waals surface area contributed by atoms with E-state index in [2.05, 4.69) is 36.3 Å². The predicted octanol–water partition coefficient (Wildman–Crippen LogP) is 0.441. The van der Waals surface area contributed by atoms with E-state index in [0.29, 0.717) is 24.5 Å². The second-order valence-corrected chi connectivity index (χ2v) is 5.15. The molecule has 16 heavy (non-hydrogen) atoms. The van der Waals surface area contributed by atoms with Crippen molar-refractivity contribution in [2.24, 2.45) is 5.92 Å². The molecule has 4 nitrogen and oxygen atoms in total. The summed E-state index contributed by atoms with van der Waals surface area (Å²) in [6, 6.07) is 0.703. The molecule has 94 valence electrons. The molecule has 2 atom stereocenters. The van der Waals surface area contributed by atoms with E-state index < -0.39 is 0 Å². The lowest BCUT2D eigenvalue weighted by Crippen LogP contribution is -2.52. The predicted molar refractivity (Wildman–Crippen MR) is 66.3 cm³/mol. The fourth-order valence-corrected chi connectivity index (χ4v) is 1.84. The van der Waals surface area contributed by atoms with Crippen LogP contribution in [0.25, 0.3) is 0 Å². The average molecular weight is 227 g/mol. The van der Waals surface area contributed by atoms with Crippen molar-refractivity contribution in [3.05, 3.63) is 0 Å². The first-order chi connectivity index (χ1) is 7.50. The Morgan fingerprint density at radius 3 is 2.81 bits per heavy atom. The summed E-state index contributed by atoms with van der Waals surface area (Å²) in [6.07, 6.45) is 1.14. The molecule has 2 unspecified atom stereocenters. The summed E-state index contributed by atoms with van der Waals surface area (Å²) in [7, 11) is 1.98. The summed E-state index contributed by atoms with van der Waals surface area (Å²) in [4.78, 5) is 13.8. The van der Waals surface area contributed by atoms with Crippen molar-refractivity contribution < 1.29 is 4.79 Å². The molecular weight excluding hydrogens is 202 g/mol. The number of carbonyl (C=O) groups is 1. The summed E-state index contributed by atoms with van der Waals surface area (Å²) in [5, 5.41) is 6.43. The molecule has 1 saturated heterocycles. The largest absolute Gasteiger partial charge is 0.351 e. The molecule has 4 heteroatoms. The van der Waals surface area contributed by atoms with E-state index >= 15 is 0 Å². The van der Waals surface area contributed by atoms with Crippen LogP contribution in [0.5, 0.6) is 0 Å². The van der Waals surface area contributed by atoms with Crippen LogP contribution in [0.3, 0.4) is 0 Å². The molecule has 0 spiro atoms. The maximum atomic E-state index is 11.8. The molecule has 0 aliphatic carbocycles. The Bertz CT molecular complexity index is 230. The Balaban J connectivity index is 2.32. The Kier molecular flexibility index (Phi) is 5.22. The summed E-state index contributed by atoms with van der Waals surface area (Å²) in [5.74, 6) is 0.714. The fourth-order valence-electron chi connectivity index (χ4n) is 1.84. The zero-order valence-electron chi connectivity index (χ0n) is 10.9. The molecule has 2 N–H and O–H groups in total. The van der Waals surface area contributed by atoms with Gasteiger partial charge in [-0.2, -0.15) is 0 Å². The third-order valence-corrected chi connectivity index (χ3v) is 3.45. The van der Waals surface area contributed by atoms with Gasteiger partial charge in [0.15, 0.2) is 0 Å². The topological polar surface area (TPSA) is 44.4 Å². The highest BCUT2D eigenvalue weighted by Crippen LogP contribution is 2.10. The van der Waals surface area contributed by atoms with E-state index in [1.165, 1.54) is 0 Å². The van der Waals surface area contributed by atoms with Crippen molar-refractivity contribution >= 4 is 5.91 Å². The Hall–Kier alpha value is -0.610. The second kappa shape index (κ2) is 6.21. The number of hydrogen-bond acceptors (Lipinski definition) is 3. The van der Waals surface area contributed by atoms with Gasteiger partial charge in [-0.15, -0.1) is 0 Å². The quantitative estimate of drug-likeness (QED) is 0.732. The van der Waals surface area contributed by atoms with Crippen LogP contribution in [-0.2, 0) is 4.79 Å². The van der Waals surface area contributed by atoms with E-state index in [1.54, 1.807) is 0 Å². The van der Waals surface area contributed by atoms with Crippen LogP contribution in [0.15, 0.2) is 0 Å². The number of nitrogens with zero attached hydrogens (tertiary/aromatic N) is 1. The Morgan fingerprint density at radius 2 is 2.25 bits per heavy atom. The molecule has 0 bridgehead atoms. The van der Waals surface area contributed by atoms with Crippen LogP contribution in [0.1, 0.15) is 27.2 Å². The van der Waals surface area contributed by atoms with Crippen LogP contribution in [-0.4, -0.2) is 49.6 Å². The molecule has 1 amide bonds. The Labute approximate surface area is 98.8 Å². The second-order valence-electron chi connectivity index (χ2n) is 5.15. The zero-order chi connectivity index (χ0) is 12.1. The average Bonchev–Trinajstić information content (AvgIpc) is 2.21. The number of nitrogens with one attached hydrogen (secondary N) is 2. The van der Waals surface area contributed by atoms with Gasteiger partial charge in [-0.25, -0.2) is 0 Å². The van der Waals surface area contributed by atoms with Crippen molar-refractivity contribution in [2.45, 2.75) is 39.3 Å². The maximum Gasteiger partial charge on any atom is 0.234 e. The monoisotopic (exact) mass is 227 g/mol. The van der Waals surface area contributed by atoms with Gasteiger partial charge in [0.25, 0.3) is 0 Å². The van der Waals surface area contributed by atoms with Gasteiger partial charge in [0.2, 0.25) is 5.91 Å². The lowest BCUT2D eigenvalue weighted by atomic mass is 9.95. The van der Waals surface area contributed by atoms with Crippen LogP contribution < -0.4 is 10.6 Å². The van der Waals surface area contributed by atoms with Gasteiger partial charge in [0.1, 0.15) is 0 Å². The number of hydrogen-bond donors (Lipinski definition) is 2. The molecule has 1 fully saturated rings. The van der Waals surface area contributed by atoms with Crippen LogP contribution in [0.4, 0.5) is 0 Å². The summed E-state index contributed by atoms with van der Waals surface area (Å²) >= 11 is 0. The maximum absolute atomic E-state index is 11.8. The third-order valence-electron chi connectivity index (χ3n) is 3.45. The molecular formula is C12H25N3O. The van der Waals surface area contributed by atoms with Gasteiger partial charge in [0, 0.05) is 18.6 Å². The minimum atomic E-state index is 0.136. The number of piperidine rings is 1. The first-order valence-electron chi connectivity index (χ1n) is 6.21. The van der Waals surface area contributed by atoms with Crippen LogP contribution >= 0.6 is 0 Å². The molecule has 0 radical (unpaired) electrons. The van der Waals surface area contributed by atoms with Gasteiger partial charge in [-0.3, -0.25) is 9.69 Å². The summed E-state index contributed by atoms with van der Waals surface area (Å²) < 4.78 is 0. The first-order valence-corrected chi connectivity index (χ1v) is 6.21. The number of rotatable bonds is 4. The normalized spacial score (nSPS) is 26.1. The minimum absolute atomic E-state index is 0.136. The molecule has 0 aromatic heterocycles. The Morgan fingerprint density at radius 1 is 1.56 bits per heavy atom. The van der Waals surface area contributed by atoms with Gasteiger partial charge in [-0.1, -0.05) is 6.92 Å². The lowest BCUT2D eigenvalue weighted by molar-refractivity contribution is -0.123. The summed E-state index contributed by atoms with van der Waals surface area (Å²) in [6.45, 7) is 8.85. The van der Waals surface area contributed by atoms with E-state index in [4.69, 9.17) is 0 Å². The van der Waals surface area contributed by atoms with Crippen molar-refractivity contribution in [3.8, 4) is 0 Å². The van der Waals surface area contributed by atoms with Crippen LogP contribution in [0, 0.1) is 5.92 Å². The van der Waals surface area contributed by atoms with Gasteiger partial charge >= 0.3 is 0 Å². The van der Waals surface area contributed by atoms with E-state index in [9.17, 15) is 4.79 Å². The molecule has 1 aliphatic heterocycles. The van der Waals surface area contributed by atoms with Gasteiger partial charge in [0.05, 0.1) is 6.54 Å². The summed E-state index contributed by atoms with van der Waals surface area (Å²) in [5.41, 5.74) is 0. The highest BCUT2D eigenvalue weighted by molar-refractivity contribution is 5.78. The van der Waals surface area contributed by atoms with E-state index in [1.807, 2.05) is 7.05 Å². The molecule has 1 rings (SSSR count). The first kappa shape index (κ1) is 13.5. The third kappa shape index (κ3) is 4.10. The molecule has 0 aromatic rings. The van der Waals surface area contributed by atoms with Crippen molar-refractivity contribution in [1.82, 2.24) is 15.5 Å². The molecule has 0 saturated carbocycles. The van der Waals surface area contributed by atoms with Crippen molar-refractivity contribution in [2.75, 3.05) is 26.7 Å². The van der Waals surface area contributed by atoms with E-state index in [0.717, 1.165) is 19.5 Å². The number of likely N-dealkylation sites (N-methyl/N-ethyl adjacent to an activating group) is 1.